The van der Waals surface area contributed by atoms with E-state index in [1.165, 1.54) is 0 Å². The minimum absolute atomic E-state index is 0.296. The Bertz CT molecular complexity index is 924. The molecule has 0 aliphatic heterocycles. The SMILES string of the molecule is COc1cccc(Cn2nccc2NC(=O)c2ccccc2Cl)c1OC. The first-order valence-corrected chi connectivity index (χ1v) is 8.29. The molecule has 0 atom stereocenters. The van der Waals surface area contributed by atoms with E-state index in [4.69, 9.17) is 21.1 Å². The Balaban J connectivity index is 1.84. The minimum atomic E-state index is -0.296. The number of carbonyl (C=O) groups excluding carboxylic acids is 1. The third-order valence-corrected chi connectivity index (χ3v) is 4.21. The molecule has 0 bridgehead atoms. The number of hydrogen-bond acceptors (Lipinski definition) is 4. The lowest BCUT2D eigenvalue weighted by Gasteiger charge is -2.14. The van der Waals surface area contributed by atoms with Crippen LogP contribution in [0.3, 0.4) is 0 Å². The maximum Gasteiger partial charge on any atom is 0.258 e. The quantitative estimate of drug-likeness (QED) is 0.714. The van der Waals surface area contributed by atoms with Crippen LogP contribution in [0.5, 0.6) is 11.5 Å². The van der Waals surface area contributed by atoms with E-state index in [2.05, 4.69) is 10.4 Å². The summed E-state index contributed by atoms with van der Waals surface area (Å²) in [7, 11) is 3.18. The molecule has 1 aromatic heterocycles. The number of para-hydroxylation sites is 1. The average Bonchev–Trinajstić information content (AvgIpc) is 3.08. The molecule has 1 amide bonds. The van der Waals surface area contributed by atoms with E-state index < -0.39 is 0 Å². The van der Waals surface area contributed by atoms with Gasteiger partial charge in [0.15, 0.2) is 11.5 Å². The maximum atomic E-state index is 12.5. The molecular weight excluding hydrogens is 354 g/mol. The summed E-state index contributed by atoms with van der Waals surface area (Å²) in [6, 6.07) is 14.2. The number of benzene rings is 2. The first kappa shape index (κ1) is 17.8. The van der Waals surface area contributed by atoms with Gasteiger partial charge in [-0.15, -0.1) is 0 Å². The molecule has 6 nitrogen and oxygen atoms in total. The second kappa shape index (κ2) is 7.93. The number of amides is 1. The number of rotatable bonds is 6. The van der Waals surface area contributed by atoms with E-state index in [1.54, 1.807) is 55.4 Å². The molecule has 7 heteroatoms. The lowest BCUT2D eigenvalue weighted by atomic mass is 10.2. The van der Waals surface area contributed by atoms with Gasteiger partial charge in [0.05, 0.1) is 37.5 Å². The van der Waals surface area contributed by atoms with Crippen LogP contribution >= 0.6 is 11.6 Å². The highest BCUT2D eigenvalue weighted by atomic mass is 35.5. The van der Waals surface area contributed by atoms with Crippen LogP contribution in [0.1, 0.15) is 15.9 Å². The van der Waals surface area contributed by atoms with Crippen molar-refractivity contribution >= 4 is 23.3 Å². The molecule has 0 radical (unpaired) electrons. The van der Waals surface area contributed by atoms with Crippen molar-refractivity contribution in [3.05, 3.63) is 70.9 Å². The fraction of sp³-hybridized carbons (Fsp3) is 0.158. The van der Waals surface area contributed by atoms with Crippen LogP contribution in [0.4, 0.5) is 5.82 Å². The summed E-state index contributed by atoms with van der Waals surface area (Å²) in [5.41, 5.74) is 1.28. The number of nitrogens with zero attached hydrogens (tertiary/aromatic N) is 2. The van der Waals surface area contributed by atoms with Gasteiger partial charge in [0.2, 0.25) is 0 Å². The van der Waals surface area contributed by atoms with E-state index in [1.807, 2.05) is 18.2 Å². The Morgan fingerprint density at radius 1 is 1.12 bits per heavy atom. The average molecular weight is 372 g/mol. The monoisotopic (exact) mass is 371 g/mol. The molecule has 1 N–H and O–H groups in total. The summed E-state index contributed by atoms with van der Waals surface area (Å²) in [4.78, 5) is 12.5. The number of aromatic nitrogens is 2. The summed E-state index contributed by atoms with van der Waals surface area (Å²) in [6.07, 6.45) is 1.62. The van der Waals surface area contributed by atoms with Crippen molar-refractivity contribution in [3.8, 4) is 11.5 Å². The first-order chi connectivity index (χ1) is 12.6. The number of anilines is 1. The van der Waals surface area contributed by atoms with Crippen molar-refractivity contribution in [1.29, 1.82) is 0 Å². The molecule has 1 heterocycles. The van der Waals surface area contributed by atoms with Gasteiger partial charge in [-0.1, -0.05) is 35.9 Å². The molecule has 3 rings (SSSR count). The normalized spacial score (nSPS) is 10.4. The van der Waals surface area contributed by atoms with Crippen molar-refractivity contribution in [2.75, 3.05) is 19.5 Å². The fourth-order valence-corrected chi connectivity index (χ4v) is 2.85. The van der Waals surface area contributed by atoms with Crippen molar-refractivity contribution in [2.45, 2.75) is 6.54 Å². The van der Waals surface area contributed by atoms with E-state index in [0.717, 1.165) is 5.56 Å². The Morgan fingerprint density at radius 3 is 2.65 bits per heavy atom. The van der Waals surface area contributed by atoms with Gasteiger partial charge in [-0.05, 0) is 18.2 Å². The Morgan fingerprint density at radius 2 is 1.92 bits per heavy atom. The maximum absolute atomic E-state index is 12.5. The molecule has 0 aliphatic carbocycles. The van der Waals surface area contributed by atoms with E-state index in [-0.39, 0.29) is 5.91 Å². The zero-order valence-corrected chi connectivity index (χ0v) is 15.2. The van der Waals surface area contributed by atoms with Crippen molar-refractivity contribution in [2.24, 2.45) is 0 Å². The van der Waals surface area contributed by atoms with Crippen LogP contribution in [0.2, 0.25) is 5.02 Å². The summed E-state index contributed by atoms with van der Waals surface area (Å²) in [6.45, 7) is 0.408. The highest BCUT2D eigenvalue weighted by molar-refractivity contribution is 6.34. The second-order valence-electron chi connectivity index (χ2n) is 5.46. The number of methoxy groups -OCH3 is 2. The minimum Gasteiger partial charge on any atom is -0.493 e. The summed E-state index contributed by atoms with van der Waals surface area (Å²) in [5, 5.41) is 7.52. The zero-order chi connectivity index (χ0) is 18.5. The molecule has 0 aliphatic rings. The third-order valence-electron chi connectivity index (χ3n) is 3.88. The number of halogens is 1. The lowest BCUT2D eigenvalue weighted by molar-refractivity contribution is 0.102. The first-order valence-electron chi connectivity index (χ1n) is 7.91. The molecule has 0 saturated carbocycles. The van der Waals surface area contributed by atoms with Crippen LogP contribution in [0.25, 0.3) is 0 Å². The van der Waals surface area contributed by atoms with Crippen LogP contribution in [-0.4, -0.2) is 29.9 Å². The number of ether oxygens (including phenoxy) is 2. The van der Waals surface area contributed by atoms with Gasteiger partial charge in [0, 0.05) is 11.6 Å². The lowest BCUT2D eigenvalue weighted by Crippen LogP contribution is -2.16. The molecule has 2 aromatic carbocycles. The molecule has 0 fully saturated rings. The summed E-state index contributed by atoms with van der Waals surface area (Å²) >= 11 is 6.09. The van der Waals surface area contributed by atoms with Crippen LogP contribution in [0.15, 0.2) is 54.7 Å². The number of hydrogen-bond donors (Lipinski definition) is 1. The van der Waals surface area contributed by atoms with Gasteiger partial charge in [-0.2, -0.15) is 5.10 Å². The largest absolute Gasteiger partial charge is 0.493 e. The van der Waals surface area contributed by atoms with E-state index >= 15 is 0 Å². The molecule has 134 valence electrons. The highest BCUT2D eigenvalue weighted by Gasteiger charge is 2.15. The summed E-state index contributed by atoms with van der Waals surface area (Å²) in [5.74, 6) is 1.53. The van der Waals surface area contributed by atoms with Gasteiger partial charge >= 0.3 is 0 Å². The summed E-state index contributed by atoms with van der Waals surface area (Å²) < 4.78 is 12.4. The molecule has 0 spiro atoms. The van der Waals surface area contributed by atoms with Gasteiger partial charge in [0.25, 0.3) is 5.91 Å². The van der Waals surface area contributed by atoms with Crippen LogP contribution in [-0.2, 0) is 6.54 Å². The Hall–Kier alpha value is -2.99. The van der Waals surface area contributed by atoms with Gasteiger partial charge < -0.3 is 14.8 Å². The number of carbonyl (C=O) groups is 1. The molecule has 0 unspecified atom stereocenters. The third kappa shape index (κ3) is 3.65. The fourth-order valence-electron chi connectivity index (χ4n) is 2.63. The predicted octanol–water partition coefficient (Wildman–Crippen LogP) is 3.85. The zero-order valence-electron chi connectivity index (χ0n) is 14.4. The van der Waals surface area contributed by atoms with Gasteiger partial charge in [-0.25, -0.2) is 4.68 Å². The van der Waals surface area contributed by atoms with Crippen LogP contribution in [0, 0.1) is 0 Å². The predicted molar refractivity (Wildman–Crippen MR) is 100 cm³/mol. The second-order valence-corrected chi connectivity index (χ2v) is 5.87. The van der Waals surface area contributed by atoms with Crippen molar-refractivity contribution < 1.29 is 14.3 Å². The van der Waals surface area contributed by atoms with Gasteiger partial charge in [-0.3, -0.25) is 4.79 Å². The molecular formula is C19H18ClN3O3. The topological polar surface area (TPSA) is 65.4 Å². The molecule has 3 aromatic rings. The van der Waals surface area contributed by atoms with Gasteiger partial charge in [0.1, 0.15) is 5.82 Å². The van der Waals surface area contributed by atoms with E-state index in [9.17, 15) is 4.79 Å². The standard InChI is InChI=1S/C19H18ClN3O3/c1-25-16-9-5-6-13(18(16)26-2)12-23-17(10-11-21-23)22-19(24)14-7-3-4-8-15(14)20/h3-11H,12H2,1-2H3,(H,22,24). The molecule has 0 saturated heterocycles. The highest BCUT2D eigenvalue weighted by Crippen LogP contribution is 2.31. The Labute approximate surface area is 156 Å². The van der Waals surface area contributed by atoms with E-state index in [0.29, 0.717) is 34.4 Å². The van der Waals surface area contributed by atoms with Crippen molar-refractivity contribution in [3.63, 3.8) is 0 Å². The molecule has 26 heavy (non-hydrogen) atoms. The van der Waals surface area contributed by atoms with Crippen LogP contribution < -0.4 is 14.8 Å². The Kier molecular flexibility index (Phi) is 5.43. The smallest absolute Gasteiger partial charge is 0.258 e. The number of nitrogens with one attached hydrogen (secondary N) is 1. The van der Waals surface area contributed by atoms with Crippen molar-refractivity contribution in [1.82, 2.24) is 9.78 Å².